The Balaban J connectivity index is 1.61. The Hall–Kier alpha value is -3.06. The number of hydrogen-bond donors (Lipinski definition) is 2. The van der Waals surface area contributed by atoms with Crippen molar-refractivity contribution in [3.05, 3.63) is 77.0 Å². The summed E-state index contributed by atoms with van der Waals surface area (Å²) < 4.78 is 13.1. The second kappa shape index (κ2) is 7.67. The van der Waals surface area contributed by atoms with Gasteiger partial charge in [0.15, 0.2) is 11.5 Å². The summed E-state index contributed by atoms with van der Waals surface area (Å²) in [7, 11) is 0. The molecular formula is C17H13ClFN5O. The van der Waals surface area contributed by atoms with Crippen LogP contribution >= 0.6 is 11.6 Å². The first-order valence-corrected chi connectivity index (χ1v) is 7.73. The molecule has 0 aliphatic heterocycles. The number of benzene rings is 1. The number of amides is 1. The minimum atomic E-state index is -0.502. The van der Waals surface area contributed by atoms with Gasteiger partial charge in [-0.15, -0.1) is 10.2 Å². The highest BCUT2D eigenvalue weighted by Gasteiger charge is 2.09. The third kappa shape index (κ3) is 4.48. The Bertz CT molecular complexity index is 874. The Morgan fingerprint density at radius 1 is 1.12 bits per heavy atom. The summed E-state index contributed by atoms with van der Waals surface area (Å²) in [6, 6.07) is 12.8. The van der Waals surface area contributed by atoms with E-state index in [-0.39, 0.29) is 16.6 Å². The molecule has 3 rings (SSSR count). The van der Waals surface area contributed by atoms with Crippen LogP contribution in [0.25, 0.3) is 0 Å². The number of nitrogens with one attached hydrogen (secondary N) is 2. The summed E-state index contributed by atoms with van der Waals surface area (Å²) in [6.07, 6.45) is 1.66. The summed E-state index contributed by atoms with van der Waals surface area (Å²) in [4.78, 5) is 16.2. The molecule has 0 radical (unpaired) electrons. The molecule has 1 amide bonds. The summed E-state index contributed by atoms with van der Waals surface area (Å²) in [6.45, 7) is 0.301. The van der Waals surface area contributed by atoms with Crippen LogP contribution < -0.4 is 10.6 Å². The third-order valence-electron chi connectivity index (χ3n) is 3.25. The number of rotatable bonds is 5. The van der Waals surface area contributed by atoms with E-state index in [9.17, 15) is 9.18 Å². The molecule has 0 spiro atoms. The lowest BCUT2D eigenvalue weighted by Gasteiger charge is -2.07. The van der Waals surface area contributed by atoms with Crippen LogP contribution in [0.15, 0.2) is 54.7 Å². The van der Waals surface area contributed by atoms with Crippen molar-refractivity contribution in [1.82, 2.24) is 20.5 Å². The van der Waals surface area contributed by atoms with Crippen LogP contribution in [-0.4, -0.2) is 21.1 Å². The van der Waals surface area contributed by atoms with Gasteiger partial charge in [0, 0.05) is 11.9 Å². The molecule has 126 valence electrons. The molecule has 0 saturated carbocycles. The van der Waals surface area contributed by atoms with Crippen molar-refractivity contribution in [1.29, 1.82) is 0 Å². The van der Waals surface area contributed by atoms with Crippen molar-refractivity contribution in [2.45, 2.75) is 6.54 Å². The van der Waals surface area contributed by atoms with Crippen molar-refractivity contribution in [2.24, 2.45) is 0 Å². The minimum Gasteiger partial charge on any atom is -0.345 e. The van der Waals surface area contributed by atoms with Crippen LogP contribution in [-0.2, 0) is 6.54 Å². The summed E-state index contributed by atoms with van der Waals surface area (Å²) >= 11 is 5.72. The zero-order chi connectivity index (χ0) is 17.6. The normalized spacial score (nSPS) is 10.3. The average molecular weight is 358 g/mol. The van der Waals surface area contributed by atoms with Crippen LogP contribution in [0.3, 0.4) is 0 Å². The number of carbonyl (C=O) groups is 1. The zero-order valence-corrected chi connectivity index (χ0v) is 13.7. The summed E-state index contributed by atoms with van der Waals surface area (Å²) in [5, 5.41) is 13.5. The lowest BCUT2D eigenvalue weighted by molar-refractivity contribution is 0.0944. The molecule has 0 bridgehead atoms. The predicted octanol–water partition coefficient (Wildman–Crippen LogP) is 3.34. The van der Waals surface area contributed by atoms with Gasteiger partial charge in [0.2, 0.25) is 0 Å². The first kappa shape index (κ1) is 16.8. The number of anilines is 2. The molecule has 0 fully saturated rings. The quantitative estimate of drug-likeness (QED) is 0.732. The second-order valence-electron chi connectivity index (χ2n) is 5.06. The van der Waals surface area contributed by atoms with E-state index in [0.29, 0.717) is 18.1 Å². The van der Waals surface area contributed by atoms with Crippen LogP contribution in [0.5, 0.6) is 0 Å². The van der Waals surface area contributed by atoms with Crippen molar-refractivity contribution in [2.75, 3.05) is 5.32 Å². The van der Waals surface area contributed by atoms with Gasteiger partial charge in [-0.3, -0.25) is 9.78 Å². The third-order valence-corrected chi connectivity index (χ3v) is 3.54. The smallest absolute Gasteiger partial charge is 0.272 e. The molecule has 0 aliphatic carbocycles. The van der Waals surface area contributed by atoms with Gasteiger partial charge >= 0.3 is 0 Å². The monoisotopic (exact) mass is 357 g/mol. The largest absolute Gasteiger partial charge is 0.345 e. The molecule has 2 heterocycles. The molecule has 2 N–H and O–H groups in total. The summed E-state index contributed by atoms with van der Waals surface area (Å²) in [5.41, 5.74) is 1.49. The van der Waals surface area contributed by atoms with E-state index in [1.807, 2.05) is 12.1 Å². The molecule has 0 aliphatic rings. The topological polar surface area (TPSA) is 79.8 Å². The minimum absolute atomic E-state index is 0.00322. The number of nitrogens with zero attached hydrogens (tertiary/aromatic N) is 3. The number of hydrogen-bond acceptors (Lipinski definition) is 5. The highest BCUT2D eigenvalue weighted by atomic mass is 35.5. The van der Waals surface area contributed by atoms with Crippen LogP contribution in [0, 0.1) is 5.82 Å². The first-order chi connectivity index (χ1) is 12.1. The van der Waals surface area contributed by atoms with Crippen molar-refractivity contribution < 1.29 is 9.18 Å². The maximum absolute atomic E-state index is 13.1. The van der Waals surface area contributed by atoms with E-state index in [2.05, 4.69) is 25.8 Å². The highest BCUT2D eigenvalue weighted by molar-refractivity contribution is 6.31. The van der Waals surface area contributed by atoms with E-state index in [0.717, 1.165) is 5.69 Å². The van der Waals surface area contributed by atoms with Gasteiger partial charge in [0.1, 0.15) is 5.82 Å². The van der Waals surface area contributed by atoms with Crippen LogP contribution in [0.2, 0.25) is 5.02 Å². The van der Waals surface area contributed by atoms with E-state index in [1.54, 1.807) is 18.3 Å². The molecule has 0 unspecified atom stereocenters. The zero-order valence-electron chi connectivity index (χ0n) is 12.9. The first-order valence-electron chi connectivity index (χ1n) is 7.36. The number of halogens is 2. The fraction of sp³-hybridized carbons (Fsp3) is 0.0588. The van der Waals surface area contributed by atoms with Gasteiger partial charge in [-0.05, 0) is 42.5 Å². The number of carbonyl (C=O) groups excluding carboxylic acids is 1. The molecule has 6 nitrogen and oxygen atoms in total. The Labute approximate surface area is 148 Å². The lowest BCUT2D eigenvalue weighted by Crippen LogP contribution is -2.24. The molecule has 0 saturated heterocycles. The van der Waals surface area contributed by atoms with E-state index in [1.165, 1.54) is 24.3 Å². The van der Waals surface area contributed by atoms with Gasteiger partial charge in [0.05, 0.1) is 17.3 Å². The van der Waals surface area contributed by atoms with Crippen LogP contribution in [0.1, 0.15) is 16.2 Å². The molecule has 25 heavy (non-hydrogen) atoms. The van der Waals surface area contributed by atoms with Crippen LogP contribution in [0.4, 0.5) is 15.9 Å². The number of pyridine rings is 1. The molecule has 2 aromatic heterocycles. The molecule has 3 aromatic rings. The highest BCUT2D eigenvalue weighted by Crippen LogP contribution is 2.21. The van der Waals surface area contributed by atoms with Crippen molar-refractivity contribution >= 4 is 29.0 Å². The maximum atomic E-state index is 13.1. The molecule has 0 atom stereocenters. The Morgan fingerprint density at radius 2 is 2.00 bits per heavy atom. The van der Waals surface area contributed by atoms with Gasteiger partial charge in [0.25, 0.3) is 5.91 Å². The molecular weight excluding hydrogens is 345 g/mol. The standard InChI is InChI=1S/C17H13ClFN5O/c18-13-9-11(4-5-14(13)19)22-16-7-6-15(23-24-16)17(25)21-10-12-3-1-2-8-20-12/h1-9H,10H2,(H,21,25)(H,22,24). The van der Waals surface area contributed by atoms with Gasteiger partial charge in [-0.25, -0.2) is 4.39 Å². The van der Waals surface area contributed by atoms with Gasteiger partial charge in [-0.1, -0.05) is 17.7 Å². The maximum Gasteiger partial charge on any atom is 0.272 e. The summed E-state index contributed by atoms with van der Waals surface area (Å²) in [5.74, 6) is -0.447. The average Bonchev–Trinajstić information content (AvgIpc) is 2.64. The van der Waals surface area contributed by atoms with Crippen molar-refractivity contribution in [3.63, 3.8) is 0 Å². The van der Waals surface area contributed by atoms with Crippen molar-refractivity contribution in [3.8, 4) is 0 Å². The second-order valence-corrected chi connectivity index (χ2v) is 5.47. The molecule has 1 aromatic carbocycles. The van der Waals surface area contributed by atoms with Gasteiger partial charge in [-0.2, -0.15) is 0 Å². The fourth-order valence-electron chi connectivity index (χ4n) is 2.01. The van der Waals surface area contributed by atoms with Gasteiger partial charge < -0.3 is 10.6 Å². The SMILES string of the molecule is O=C(NCc1ccccn1)c1ccc(Nc2ccc(F)c(Cl)c2)nn1. The Morgan fingerprint density at radius 3 is 2.68 bits per heavy atom. The molecule has 8 heteroatoms. The van der Waals surface area contributed by atoms with E-state index in [4.69, 9.17) is 11.6 Å². The van der Waals surface area contributed by atoms with E-state index < -0.39 is 5.82 Å². The van der Waals surface area contributed by atoms with E-state index >= 15 is 0 Å². The fourth-order valence-corrected chi connectivity index (χ4v) is 2.19. The predicted molar refractivity (Wildman–Crippen MR) is 92.1 cm³/mol. The lowest BCUT2D eigenvalue weighted by atomic mass is 10.3. The Kier molecular flexibility index (Phi) is 5.15. The number of aromatic nitrogens is 3.